The molecule has 0 aliphatic heterocycles. The van der Waals surface area contributed by atoms with Crippen molar-refractivity contribution in [2.75, 3.05) is 6.26 Å². The summed E-state index contributed by atoms with van der Waals surface area (Å²) in [4.78, 5) is 1.28. The Balaban J connectivity index is 2.78. The van der Waals surface area contributed by atoms with E-state index in [-0.39, 0.29) is 6.04 Å². The van der Waals surface area contributed by atoms with Crippen molar-refractivity contribution in [3.63, 3.8) is 0 Å². The third-order valence-electron chi connectivity index (χ3n) is 2.27. The van der Waals surface area contributed by atoms with Crippen LogP contribution >= 0.6 is 27.7 Å². The zero-order valence-electron chi connectivity index (χ0n) is 8.59. The molecule has 1 aromatic carbocycles. The molecule has 0 bridgehead atoms. The van der Waals surface area contributed by atoms with Crippen molar-refractivity contribution in [2.45, 2.75) is 30.7 Å². The number of halogens is 1. The van der Waals surface area contributed by atoms with Crippen molar-refractivity contribution < 1.29 is 0 Å². The molecular formula is C11H16BrNS. The maximum atomic E-state index is 5.92. The molecule has 0 heterocycles. The lowest BCUT2D eigenvalue weighted by molar-refractivity contribution is 0.645. The standard InChI is InChI=1S/C11H16BrNS/c1-3-9(13)6-8-4-5-10(14-2)7-11(8)12/h4-5,7,9H,3,6,13H2,1-2H3. The molecule has 14 heavy (non-hydrogen) atoms. The molecule has 0 aliphatic rings. The van der Waals surface area contributed by atoms with Crippen molar-refractivity contribution in [2.24, 2.45) is 5.73 Å². The second kappa shape index (κ2) is 5.79. The van der Waals surface area contributed by atoms with Crippen molar-refractivity contribution in [1.29, 1.82) is 0 Å². The van der Waals surface area contributed by atoms with Gasteiger partial charge < -0.3 is 5.73 Å². The molecule has 0 amide bonds. The van der Waals surface area contributed by atoms with Crippen LogP contribution in [-0.4, -0.2) is 12.3 Å². The maximum Gasteiger partial charge on any atom is 0.0219 e. The molecule has 78 valence electrons. The predicted octanol–water partition coefficient (Wildman–Crippen LogP) is 3.45. The lowest BCUT2D eigenvalue weighted by Gasteiger charge is -2.11. The van der Waals surface area contributed by atoms with E-state index in [0.29, 0.717) is 0 Å². The van der Waals surface area contributed by atoms with E-state index in [2.05, 4.69) is 47.3 Å². The van der Waals surface area contributed by atoms with E-state index in [1.165, 1.54) is 14.9 Å². The van der Waals surface area contributed by atoms with Crippen molar-refractivity contribution >= 4 is 27.7 Å². The Labute approximate surface area is 98.6 Å². The maximum absolute atomic E-state index is 5.92. The molecule has 1 unspecified atom stereocenters. The van der Waals surface area contributed by atoms with E-state index in [1.54, 1.807) is 11.8 Å². The van der Waals surface area contributed by atoms with E-state index in [9.17, 15) is 0 Å². The van der Waals surface area contributed by atoms with Gasteiger partial charge in [0.05, 0.1) is 0 Å². The highest BCUT2D eigenvalue weighted by Crippen LogP contribution is 2.24. The Morgan fingerprint density at radius 2 is 2.21 bits per heavy atom. The van der Waals surface area contributed by atoms with Crippen LogP contribution in [0.2, 0.25) is 0 Å². The van der Waals surface area contributed by atoms with Crippen LogP contribution in [0.15, 0.2) is 27.6 Å². The third kappa shape index (κ3) is 3.30. The summed E-state index contributed by atoms with van der Waals surface area (Å²) >= 11 is 5.33. The summed E-state index contributed by atoms with van der Waals surface area (Å²) in [6.07, 6.45) is 4.06. The zero-order valence-corrected chi connectivity index (χ0v) is 11.0. The number of rotatable bonds is 4. The topological polar surface area (TPSA) is 26.0 Å². The normalized spacial score (nSPS) is 12.9. The molecule has 3 heteroatoms. The molecule has 1 nitrogen and oxygen atoms in total. The van der Waals surface area contributed by atoms with Gasteiger partial charge in [-0.1, -0.05) is 28.9 Å². The minimum absolute atomic E-state index is 0.270. The van der Waals surface area contributed by atoms with Gasteiger partial charge in [0.1, 0.15) is 0 Å². The lowest BCUT2D eigenvalue weighted by Crippen LogP contribution is -2.21. The summed E-state index contributed by atoms with van der Waals surface area (Å²) in [6.45, 7) is 2.12. The minimum Gasteiger partial charge on any atom is -0.327 e. The fourth-order valence-electron chi connectivity index (χ4n) is 1.25. The Bertz CT molecular complexity index is 301. The summed E-state index contributed by atoms with van der Waals surface area (Å²) in [6, 6.07) is 6.73. The summed E-state index contributed by atoms with van der Waals surface area (Å²) < 4.78 is 1.17. The van der Waals surface area contributed by atoms with Gasteiger partial charge in [0.15, 0.2) is 0 Å². The molecule has 0 aromatic heterocycles. The van der Waals surface area contributed by atoms with Crippen LogP contribution in [0.4, 0.5) is 0 Å². The van der Waals surface area contributed by atoms with Gasteiger partial charge in [-0.2, -0.15) is 0 Å². The molecule has 0 fully saturated rings. The molecule has 0 saturated heterocycles. The average Bonchev–Trinajstić information content (AvgIpc) is 2.20. The minimum atomic E-state index is 0.270. The Morgan fingerprint density at radius 3 is 2.71 bits per heavy atom. The summed E-state index contributed by atoms with van der Waals surface area (Å²) in [5, 5.41) is 0. The lowest BCUT2D eigenvalue weighted by atomic mass is 10.1. The zero-order chi connectivity index (χ0) is 10.6. The molecule has 0 spiro atoms. The second-order valence-corrected chi connectivity index (χ2v) is 5.06. The first-order valence-corrected chi connectivity index (χ1v) is 6.77. The highest BCUT2D eigenvalue weighted by Gasteiger charge is 2.05. The second-order valence-electron chi connectivity index (χ2n) is 3.33. The number of hydrogen-bond acceptors (Lipinski definition) is 2. The van der Waals surface area contributed by atoms with Crippen LogP contribution in [0.1, 0.15) is 18.9 Å². The van der Waals surface area contributed by atoms with Gasteiger partial charge in [0, 0.05) is 15.4 Å². The van der Waals surface area contributed by atoms with E-state index in [4.69, 9.17) is 5.73 Å². The third-order valence-corrected chi connectivity index (χ3v) is 3.73. The summed E-state index contributed by atoms with van der Waals surface area (Å²) in [5.41, 5.74) is 7.22. The average molecular weight is 274 g/mol. The monoisotopic (exact) mass is 273 g/mol. The van der Waals surface area contributed by atoms with Gasteiger partial charge in [-0.25, -0.2) is 0 Å². The molecule has 2 N–H and O–H groups in total. The van der Waals surface area contributed by atoms with Gasteiger partial charge in [0.25, 0.3) is 0 Å². The number of benzene rings is 1. The van der Waals surface area contributed by atoms with E-state index in [1.807, 2.05) is 0 Å². The quantitative estimate of drug-likeness (QED) is 0.851. The first-order valence-electron chi connectivity index (χ1n) is 4.75. The fraction of sp³-hybridized carbons (Fsp3) is 0.455. The van der Waals surface area contributed by atoms with Crippen LogP contribution in [0.3, 0.4) is 0 Å². The highest BCUT2D eigenvalue weighted by atomic mass is 79.9. The number of hydrogen-bond donors (Lipinski definition) is 1. The van der Waals surface area contributed by atoms with E-state index >= 15 is 0 Å². The van der Waals surface area contributed by atoms with Crippen molar-refractivity contribution in [1.82, 2.24) is 0 Å². The smallest absolute Gasteiger partial charge is 0.0219 e. The highest BCUT2D eigenvalue weighted by molar-refractivity contribution is 9.10. The Morgan fingerprint density at radius 1 is 1.50 bits per heavy atom. The largest absolute Gasteiger partial charge is 0.327 e. The predicted molar refractivity (Wildman–Crippen MR) is 67.9 cm³/mol. The molecule has 0 radical (unpaired) electrons. The SMILES string of the molecule is CCC(N)Cc1ccc(SC)cc1Br. The van der Waals surface area contributed by atoms with Crippen LogP contribution in [0.25, 0.3) is 0 Å². The van der Waals surface area contributed by atoms with Crippen LogP contribution in [0, 0.1) is 0 Å². The van der Waals surface area contributed by atoms with Crippen LogP contribution in [0.5, 0.6) is 0 Å². The molecule has 0 aliphatic carbocycles. The molecule has 1 aromatic rings. The molecule has 1 rings (SSSR count). The van der Waals surface area contributed by atoms with Crippen LogP contribution < -0.4 is 5.73 Å². The van der Waals surface area contributed by atoms with Gasteiger partial charge in [-0.3, -0.25) is 0 Å². The van der Waals surface area contributed by atoms with Gasteiger partial charge in [0.2, 0.25) is 0 Å². The number of thioether (sulfide) groups is 1. The Hall–Kier alpha value is 0.01000. The van der Waals surface area contributed by atoms with E-state index in [0.717, 1.165) is 12.8 Å². The molecular weight excluding hydrogens is 258 g/mol. The Kier molecular flexibility index (Phi) is 4.99. The van der Waals surface area contributed by atoms with Gasteiger partial charge in [-0.05, 0) is 36.8 Å². The molecule has 0 saturated carbocycles. The molecule has 1 atom stereocenters. The van der Waals surface area contributed by atoms with Crippen molar-refractivity contribution in [3.05, 3.63) is 28.2 Å². The first-order chi connectivity index (χ1) is 6.67. The van der Waals surface area contributed by atoms with Gasteiger partial charge in [-0.15, -0.1) is 11.8 Å². The number of nitrogens with two attached hydrogens (primary N) is 1. The summed E-state index contributed by atoms with van der Waals surface area (Å²) in [5.74, 6) is 0. The van der Waals surface area contributed by atoms with Crippen molar-refractivity contribution in [3.8, 4) is 0 Å². The van der Waals surface area contributed by atoms with E-state index < -0.39 is 0 Å². The van der Waals surface area contributed by atoms with Crippen LogP contribution in [-0.2, 0) is 6.42 Å². The first kappa shape index (κ1) is 12.1. The van der Waals surface area contributed by atoms with Gasteiger partial charge >= 0.3 is 0 Å². The summed E-state index contributed by atoms with van der Waals surface area (Å²) in [7, 11) is 0. The fourth-order valence-corrected chi connectivity index (χ4v) is 2.38.